The van der Waals surface area contributed by atoms with Gasteiger partial charge in [0, 0.05) is 17.8 Å². The number of ether oxygens (including phenoxy) is 1. The summed E-state index contributed by atoms with van der Waals surface area (Å²) in [5, 5.41) is 3.23. The molecule has 0 aliphatic heterocycles. The maximum atomic E-state index is 13.0. The summed E-state index contributed by atoms with van der Waals surface area (Å²) in [5.41, 5.74) is 3.45. The number of aromatic nitrogens is 1. The maximum absolute atomic E-state index is 13.0. The normalized spacial score (nSPS) is 10.7. The van der Waals surface area contributed by atoms with E-state index < -0.39 is 0 Å². The first-order valence-electron chi connectivity index (χ1n) is 9.08. The lowest BCUT2D eigenvalue weighted by Gasteiger charge is -2.13. The topological polar surface area (TPSA) is 51.2 Å². The van der Waals surface area contributed by atoms with Crippen LogP contribution in [0.25, 0.3) is 0 Å². The van der Waals surface area contributed by atoms with Gasteiger partial charge in [0.2, 0.25) is 0 Å². The second-order valence-electron chi connectivity index (χ2n) is 6.77. The largest absolute Gasteiger partial charge is 0.489 e. The lowest BCUT2D eigenvalue weighted by atomic mass is 10.0. The number of hydrogen-bond donors (Lipinski definition) is 1. The molecule has 4 heteroatoms. The molecular weight excluding hydrogens is 336 g/mol. The van der Waals surface area contributed by atoms with Crippen LogP contribution in [-0.2, 0) is 6.61 Å². The molecule has 0 aliphatic rings. The molecule has 3 aromatic rings. The van der Waals surface area contributed by atoms with Gasteiger partial charge in [0.15, 0.2) is 5.78 Å². The van der Waals surface area contributed by atoms with E-state index in [0.717, 1.165) is 5.56 Å². The average molecular weight is 360 g/mol. The first kappa shape index (κ1) is 18.6. The Morgan fingerprint density at radius 2 is 1.89 bits per heavy atom. The molecule has 0 spiro atoms. The van der Waals surface area contributed by atoms with E-state index in [9.17, 15) is 4.79 Å². The fraction of sp³-hybridized carbons (Fsp3) is 0.217. The lowest BCUT2D eigenvalue weighted by molar-refractivity contribution is 0.103. The highest BCUT2D eigenvalue weighted by Gasteiger charge is 2.15. The molecule has 4 nitrogen and oxygen atoms in total. The molecule has 0 amide bonds. The molecule has 1 heterocycles. The van der Waals surface area contributed by atoms with Crippen molar-refractivity contribution in [1.82, 2.24) is 4.98 Å². The molecule has 27 heavy (non-hydrogen) atoms. The quantitative estimate of drug-likeness (QED) is 0.601. The van der Waals surface area contributed by atoms with E-state index in [1.165, 1.54) is 5.56 Å². The van der Waals surface area contributed by atoms with E-state index in [-0.39, 0.29) is 11.8 Å². The third-order valence-corrected chi connectivity index (χ3v) is 4.23. The summed E-state index contributed by atoms with van der Waals surface area (Å²) in [6.45, 7) is 6.56. The highest BCUT2D eigenvalue weighted by Crippen LogP contribution is 2.22. The zero-order valence-corrected chi connectivity index (χ0v) is 15.9. The van der Waals surface area contributed by atoms with Gasteiger partial charge < -0.3 is 10.1 Å². The van der Waals surface area contributed by atoms with Crippen LogP contribution in [0.15, 0.2) is 66.9 Å². The van der Waals surface area contributed by atoms with E-state index in [2.05, 4.69) is 23.3 Å². The average Bonchev–Trinajstić information content (AvgIpc) is 2.67. The first-order valence-corrected chi connectivity index (χ1v) is 9.08. The standard InChI is InChI=1S/C23H24N2O2/c1-16(2)25-23-21(12-7-13-24-23)22(26)18-10-6-11-20(14-18)27-15-19-9-5-4-8-17(19)3/h4-14,16H,15H2,1-3H3,(H,24,25). The third kappa shape index (κ3) is 4.73. The number of carbonyl (C=O) groups is 1. The molecule has 0 fully saturated rings. The predicted octanol–water partition coefficient (Wildman–Crippen LogP) is 5.02. The lowest BCUT2D eigenvalue weighted by Crippen LogP contribution is -2.15. The molecular formula is C23H24N2O2. The van der Waals surface area contributed by atoms with Crippen LogP contribution in [0.3, 0.4) is 0 Å². The van der Waals surface area contributed by atoms with Gasteiger partial charge in [-0.25, -0.2) is 4.98 Å². The van der Waals surface area contributed by atoms with Crippen molar-refractivity contribution in [3.63, 3.8) is 0 Å². The highest BCUT2D eigenvalue weighted by molar-refractivity contribution is 6.12. The van der Waals surface area contributed by atoms with Crippen LogP contribution in [0.5, 0.6) is 5.75 Å². The minimum Gasteiger partial charge on any atom is -0.489 e. The van der Waals surface area contributed by atoms with Crippen molar-refractivity contribution in [3.8, 4) is 5.75 Å². The number of anilines is 1. The summed E-state index contributed by atoms with van der Waals surface area (Å²) >= 11 is 0. The van der Waals surface area contributed by atoms with Gasteiger partial charge in [-0.1, -0.05) is 36.4 Å². The van der Waals surface area contributed by atoms with Crippen molar-refractivity contribution in [1.29, 1.82) is 0 Å². The minimum atomic E-state index is -0.0763. The van der Waals surface area contributed by atoms with Crippen LogP contribution in [0, 0.1) is 6.92 Å². The zero-order valence-electron chi connectivity index (χ0n) is 15.9. The highest BCUT2D eigenvalue weighted by atomic mass is 16.5. The molecule has 0 saturated carbocycles. The van der Waals surface area contributed by atoms with Crippen molar-refractivity contribution in [2.45, 2.75) is 33.4 Å². The SMILES string of the molecule is Cc1ccccc1COc1cccc(C(=O)c2cccnc2NC(C)C)c1. The second-order valence-corrected chi connectivity index (χ2v) is 6.77. The molecule has 1 N–H and O–H groups in total. The molecule has 2 aromatic carbocycles. The van der Waals surface area contributed by atoms with E-state index in [0.29, 0.717) is 29.3 Å². The Balaban J connectivity index is 1.79. The number of benzene rings is 2. The van der Waals surface area contributed by atoms with Gasteiger partial charge in [-0.3, -0.25) is 4.79 Å². The number of aryl methyl sites for hydroxylation is 1. The van der Waals surface area contributed by atoms with Crippen molar-refractivity contribution in [2.24, 2.45) is 0 Å². The van der Waals surface area contributed by atoms with Gasteiger partial charge in [-0.2, -0.15) is 0 Å². The molecule has 1 aromatic heterocycles. The number of carbonyl (C=O) groups excluding carboxylic acids is 1. The van der Waals surface area contributed by atoms with Crippen LogP contribution >= 0.6 is 0 Å². The van der Waals surface area contributed by atoms with Crippen molar-refractivity contribution in [2.75, 3.05) is 5.32 Å². The maximum Gasteiger partial charge on any atom is 0.196 e. The van der Waals surface area contributed by atoms with Gasteiger partial charge in [0.1, 0.15) is 18.2 Å². The molecule has 0 radical (unpaired) electrons. The van der Waals surface area contributed by atoms with E-state index in [1.54, 1.807) is 30.5 Å². The summed E-state index contributed by atoms with van der Waals surface area (Å²) < 4.78 is 5.91. The van der Waals surface area contributed by atoms with Crippen molar-refractivity contribution in [3.05, 3.63) is 89.1 Å². The first-order chi connectivity index (χ1) is 13.0. The Labute approximate surface area is 160 Å². The van der Waals surface area contributed by atoms with Crippen LogP contribution in [0.4, 0.5) is 5.82 Å². The predicted molar refractivity (Wildman–Crippen MR) is 108 cm³/mol. The number of nitrogens with one attached hydrogen (secondary N) is 1. The number of ketones is 1. The molecule has 138 valence electrons. The number of pyridine rings is 1. The smallest absolute Gasteiger partial charge is 0.196 e. The van der Waals surface area contributed by atoms with Crippen LogP contribution in [0.2, 0.25) is 0 Å². The van der Waals surface area contributed by atoms with E-state index in [4.69, 9.17) is 4.74 Å². The molecule has 0 aliphatic carbocycles. The van der Waals surface area contributed by atoms with E-state index >= 15 is 0 Å². The minimum absolute atomic E-state index is 0.0763. The van der Waals surface area contributed by atoms with Crippen molar-refractivity contribution < 1.29 is 9.53 Å². The van der Waals surface area contributed by atoms with Gasteiger partial charge in [-0.15, -0.1) is 0 Å². The van der Waals surface area contributed by atoms with Crippen LogP contribution in [0.1, 0.15) is 40.9 Å². The fourth-order valence-corrected chi connectivity index (χ4v) is 2.79. The summed E-state index contributed by atoms with van der Waals surface area (Å²) in [4.78, 5) is 17.3. The van der Waals surface area contributed by atoms with Gasteiger partial charge in [0.25, 0.3) is 0 Å². The number of hydrogen-bond acceptors (Lipinski definition) is 4. The summed E-state index contributed by atoms with van der Waals surface area (Å²) in [6.07, 6.45) is 1.68. The van der Waals surface area contributed by atoms with Crippen LogP contribution < -0.4 is 10.1 Å². The molecule has 0 unspecified atom stereocenters. The third-order valence-electron chi connectivity index (χ3n) is 4.23. The van der Waals surface area contributed by atoms with Gasteiger partial charge in [-0.05, 0) is 56.2 Å². The Morgan fingerprint density at radius 1 is 1.07 bits per heavy atom. The molecule has 0 atom stereocenters. The number of rotatable bonds is 7. The Hall–Kier alpha value is -3.14. The summed E-state index contributed by atoms with van der Waals surface area (Å²) in [5.74, 6) is 1.20. The summed E-state index contributed by atoms with van der Waals surface area (Å²) in [7, 11) is 0. The fourth-order valence-electron chi connectivity index (χ4n) is 2.79. The second kappa shape index (κ2) is 8.49. The zero-order chi connectivity index (χ0) is 19.2. The van der Waals surface area contributed by atoms with Gasteiger partial charge in [0.05, 0.1) is 5.56 Å². The Bertz CT molecular complexity index is 935. The number of nitrogens with zero attached hydrogens (tertiary/aromatic N) is 1. The van der Waals surface area contributed by atoms with Crippen molar-refractivity contribution >= 4 is 11.6 Å². The van der Waals surface area contributed by atoms with E-state index in [1.807, 2.05) is 44.2 Å². The molecule has 3 rings (SSSR count). The Kier molecular flexibility index (Phi) is 5.87. The van der Waals surface area contributed by atoms with Gasteiger partial charge >= 0.3 is 0 Å². The molecule has 0 saturated heterocycles. The Morgan fingerprint density at radius 3 is 2.67 bits per heavy atom. The monoisotopic (exact) mass is 360 g/mol. The molecule has 0 bridgehead atoms. The van der Waals surface area contributed by atoms with Crippen LogP contribution in [-0.4, -0.2) is 16.8 Å². The summed E-state index contributed by atoms with van der Waals surface area (Å²) in [6, 6.07) is 19.2.